The highest BCUT2D eigenvalue weighted by Crippen LogP contribution is 2.40. The first kappa shape index (κ1) is 21.9. The van der Waals surface area contributed by atoms with E-state index in [1.807, 2.05) is 42.7 Å². The number of nitrogens with zero attached hydrogens (tertiary/aromatic N) is 5. The molecule has 3 heterocycles. The first-order valence-corrected chi connectivity index (χ1v) is 11.0. The van der Waals surface area contributed by atoms with Crippen LogP contribution in [0.1, 0.15) is 50.9 Å². The number of rotatable bonds is 6. The molecule has 3 aliphatic rings. The Bertz CT molecular complexity index is 1020. The summed E-state index contributed by atoms with van der Waals surface area (Å²) in [6.07, 6.45) is 1.09. The first-order valence-electron chi connectivity index (χ1n) is 11.0. The van der Waals surface area contributed by atoms with E-state index in [0.717, 1.165) is 29.9 Å². The normalized spacial score (nSPS) is 22.5. The summed E-state index contributed by atoms with van der Waals surface area (Å²) in [6.45, 7) is 8.46. The highest BCUT2D eigenvalue weighted by molar-refractivity contribution is 6.10. The van der Waals surface area contributed by atoms with Gasteiger partial charge in [-0.25, -0.2) is 14.6 Å². The molecule has 9 nitrogen and oxygen atoms in total. The number of likely N-dealkylation sites (N-methyl/N-ethyl adjacent to an activating group) is 1. The second-order valence-electron chi connectivity index (χ2n) is 8.17. The molecule has 1 aromatic carbocycles. The van der Waals surface area contributed by atoms with Crippen molar-refractivity contribution in [2.45, 2.75) is 52.7 Å². The van der Waals surface area contributed by atoms with Gasteiger partial charge in [0.1, 0.15) is 0 Å². The summed E-state index contributed by atoms with van der Waals surface area (Å²) in [7, 11) is 1.70. The third-order valence-corrected chi connectivity index (χ3v) is 6.26. The van der Waals surface area contributed by atoms with E-state index in [1.54, 1.807) is 31.0 Å². The number of imide groups is 1. The molecule has 3 amide bonds. The second kappa shape index (κ2) is 8.29. The highest BCUT2D eigenvalue weighted by atomic mass is 16.5. The first-order chi connectivity index (χ1) is 15.3. The molecule has 0 aromatic heterocycles. The van der Waals surface area contributed by atoms with Crippen molar-refractivity contribution in [3.8, 4) is 0 Å². The quantitative estimate of drug-likeness (QED) is 0.634. The fourth-order valence-electron chi connectivity index (χ4n) is 4.41. The molecule has 170 valence electrons. The summed E-state index contributed by atoms with van der Waals surface area (Å²) in [5.41, 5.74) is 3.15. The van der Waals surface area contributed by atoms with Crippen LogP contribution in [-0.2, 0) is 9.53 Å². The molecule has 0 saturated carbocycles. The minimum absolute atomic E-state index is 0.211. The van der Waals surface area contributed by atoms with Crippen LogP contribution in [0.15, 0.2) is 40.7 Å². The number of hydrogen-bond donors (Lipinski definition) is 0. The second-order valence-corrected chi connectivity index (χ2v) is 8.17. The van der Waals surface area contributed by atoms with Gasteiger partial charge in [-0.05, 0) is 51.5 Å². The lowest BCUT2D eigenvalue weighted by molar-refractivity contribution is -0.136. The Morgan fingerprint density at radius 1 is 1.09 bits per heavy atom. The molecule has 1 aromatic rings. The number of hydrogen-bond acceptors (Lipinski definition) is 7. The Hall–Kier alpha value is -3.36. The monoisotopic (exact) mass is 439 g/mol. The number of urea groups is 1. The Labute approximate surface area is 187 Å². The van der Waals surface area contributed by atoms with Gasteiger partial charge in [0.25, 0.3) is 5.91 Å². The standard InChI is InChI=1S/C23H29N5O4/c1-6-8-13-26-20(29)18-19(25(5)23(26)31)24-22-27(14(3)15(4)28(18)22)17-11-9-16(10-12-17)21(30)32-7-2/h9-12,18-19H,6-8,13H2,1-5H3. The third-order valence-electron chi connectivity index (χ3n) is 6.26. The molecule has 4 rings (SSSR count). The average Bonchev–Trinajstić information content (AvgIpc) is 3.28. The SMILES string of the molecule is CCCCN1C(=O)C2C(N=C3N(c4ccc(C(=O)OCC)cc4)C(C)=C(C)N32)N(C)C1=O. The lowest BCUT2D eigenvalue weighted by atomic mass is 10.1. The molecule has 2 atom stereocenters. The van der Waals surface area contributed by atoms with Crippen molar-refractivity contribution in [2.24, 2.45) is 4.99 Å². The molecule has 1 fully saturated rings. The molecule has 9 heteroatoms. The molecule has 0 radical (unpaired) electrons. The van der Waals surface area contributed by atoms with Crippen molar-refractivity contribution in [3.63, 3.8) is 0 Å². The van der Waals surface area contributed by atoms with Crippen LogP contribution >= 0.6 is 0 Å². The molecule has 2 unspecified atom stereocenters. The largest absolute Gasteiger partial charge is 0.462 e. The van der Waals surface area contributed by atoms with E-state index in [9.17, 15) is 14.4 Å². The van der Waals surface area contributed by atoms with Crippen LogP contribution in [0.25, 0.3) is 0 Å². The number of carbonyl (C=O) groups excluding carboxylic acids is 3. The number of unbranched alkanes of at least 4 members (excludes halogenated alkanes) is 1. The summed E-state index contributed by atoms with van der Waals surface area (Å²) in [6, 6.07) is 6.22. The van der Waals surface area contributed by atoms with Gasteiger partial charge in [0.15, 0.2) is 12.2 Å². The van der Waals surface area contributed by atoms with Crippen LogP contribution in [0, 0.1) is 0 Å². The van der Waals surface area contributed by atoms with Crippen molar-refractivity contribution in [1.29, 1.82) is 0 Å². The van der Waals surface area contributed by atoms with Gasteiger partial charge in [-0.15, -0.1) is 0 Å². The number of allylic oxidation sites excluding steroid dienone is 2. The summed E-state index contributed by atoms with van der Waals surface area (Å²) in [4.78, 5) is 49.8. The number of amides is 3. The van der Waals surface area contributed by atoms with E-state index in [1.165, 1.54) is 4.90 Å². The molecule has 0 aliphatic carbocycles. The smallest absolute Gasteiger partial charge is 0.338 e. The van der Waals surface area contributed by atoms with Gasteiger partial charge >= 0.3 is 12.0 Å². The van der Waals surface area contributed by atoms with E-state index in [2.05, 4.69) is 0 Å². The topological polar surface area (TPSA) is 85.8 Å². The van der Waals surface area contributed by atoms with Crippen molar-refractivity contribution in [3.05, 3.63) is 41.2 Å². The summed E-state index contributed by atoms with van der Waals surface area (Å²) in [5.74, 6) is 0.0360. The van der Waals surface area contributed by atoms with Crippen LogP contribution in [0.5, 0.6) is 0 Å². The maximum atomic E-state index is 13.4. The fraction of sp³-hybridized carbons (Fsp3) is 0.478. The maximum absolute atomic E-state index is 13.4. The molecular weight excluding hydrogens is 410 g/mol. The summed E-state index contributed by atoms with van der Waals surface area (Å²) < 4.78 is 5.06. The van der Waals surface area contributed by atoms with Gasteiger partial charge in [0.2, 0.25) is 5.96 Å². The van der Waals surface area contributed by atoms with Crippen LogP contribution in [0.4, 0.5) is 10.5 Å². The molecule has 1 saturated heterocycles. The Morgan fingerprint density at radius 2 is 1.78 bits per heavy atom. The average molecular weight is 440 g/mol. The number of benzene rings is 1. The molecule has 0 bridgehead atoms. The zero-order valence-electron chi connectivity index (χ0n) is 19.2. The van der Waals surface area contributed by atoms with Crippen molar-refractivity contribution in [1.82, 2.24) is 14.7 Å². The van der Waals surface area contributed by atoms with Gasteiger partial charge in [0.05, 0.1) is 12.2 Å². The highest BCUT2D eigenvalue weighted by Gasteiger charge is 2.55. The van der Waals surface area contributed by atoms with Gasteiger partial charge in [-0.3, -0.25) is 19.5 Å². The number of esters is 1. The minimum Gasteiger partial charge on any atom is -0.462 e. The van der Waals surface area contributed by atoms with Crippen LogP contribution in [0.2, 0.25) is 0 Å². The summed E-state index contributed by atoms with van der Waals surface area (Å²) in [5, 5.41) is 0. The van der Waals surface area contributed by atoms with E-state index in [-0.39, 0.29) is 17.9 Å². The number of ether oxygens (including phenoxy) is 1. The van der Waals surface area contributed by atoms with E-state index < -0.39 is 12.2 Å². The molecule has 0 N–H and O–H groups in total. The predicted molar refractivity (Wildman–Crippen MR) is 120 cm³/mol. The van der Waals surface area contributed by atoms with Crippen LogP contribution in [0.3, 0.4) is 0 Å². The van der Waals surface area contributed by atoms with Gasteiger partial charge in [-0.2, -0.15) is 0 Å². The fourth-order valence-corrected chi connectivity index (χ4v) is 4.41. The van der Waals surface area contributed by atoms with E-state index in [0.29, 0.717) is 24.7 Å². The molecule has 0 spiro atoms. The van der Waals surface area contributed by atoms with Crippen LogP contribution < -0.4 is 4.90 Å². The third kappa shape index (κ3) is 3.23. The molecular formula is C23H29N5O4. The predicted octanol–water partition coefficient (Wildman–Crippen LogP) is 3.00. The van der Waals surface area contributed by atoms with Crippen molar-refractivity contribution < 1.29 is 19.1 Å². The lowest BCUT2D eigenvalue weighted by Crippen LogP contribution is -2.64. The molecule has 32 heavy (non-hydrogen) atoms. The maximum Gasteiger partial charge on any atom is 0.338 e. The Balaban J connectivity index is 1.67. The zero-order valence-corrected chi connectivity index (χ0v) is 19.2. The van der Waals surface area contributed by atoms with Crippen LogP contribution in [-0.4, -0.2) is 71.0 Å². The minimum atomic E-state index is -0.580. The number of carbonyl (C=O) groups is 3. The zero-order chi connectivity index (χ0) is 23.2. The number of guanidine groups is 1. The van der Waals surface area contributed by atoms with Gasteiger partial charge in [0, 0.05) is 30.7 Å². The van der Waals surface area contributed by atoms with Gasteiger partial charge in [-0.1, -0.05) is 13.3 Å². The van der Waals surface area contributed by atoms with Crippen molar-refractivity contribution in [2.75, 3.05) is 25.1 Å². The van der Waals surface area contributed by atoms with E-state index >= 15 is 0 Å². The molecule has 3 aliphatic heterocycles. The number of anilines is 1. The van der Waals surface area contributed by atoms with Gasteiger partial charge < -0.3 is 9.64 Å². The van der Waals surface area contributed by atoms with E-state index in [4.69, 9.17) is 9.73 Å². The summed E-state index contributed by atoms with van der Waals surface area (Å²) >= 11 is 0. The number of fused-ring (bicyclic) bond motifs is 3. The lowest BCUT2D eigenvalue weighted by Gasteiger charge is -2.40. The van der Waals surface area contributed by atoms with Crippen molar-refractivity contribution >= 4 is 29.6 Å². The Morgan fingerprint density at radius 3 is 2.41 bits per heavy atom. The Kier molecular flexibility index (Phi) is 5.66. The number of aliphatic imine (C=N–C) groups is 1.